The largest absolute Gasteiger partial charge is 0.362 e. The first kappa shape index (κ1) is 16.4. The Kier molecular flexibility index (Phi) is 3.60. The zero-order chi connectivity index (χ0) is 17.8. The SMILES string of the molecule is CC(C)NC(=O)C1CC2CCC1(C)C[C@]21NC(=O)c2ccccc2N1. The van der Waals surface area contributed by atoms with Crippen molar-refractivity contribution < 1.29 is 9.59 Å². The number of anilines is 1. The fourth-order valence-corrected chi connectivity index (χ4v) is 5.24. The van der Waals surface area contributed by atoms with Crippen LogP contribution in [0, 0.1) is 17.3 Å². The van der Waals surface area contributed by atoms with Gasteiger partial charge in [-0.05, 0) is 57.1 Å². The van der Waals surface area contributed by atoms with E-state index in [9.17, 15) is 9.59 Å². The lowest BCUT2D eigenvalue weighted by Gasteiger charge is -2.60. The molecular formula is C20H27N3O2. The highest BCUT2D eigenvalue weighted by Crippen LogP contribution is 2.58. The summed E-state index contributed by atoms with van der Waals surface area (Å²) in [4.78, 5) is 25.4. The highest BCUT2D eigenvalue weighted by atomic mass is 16.2. The van der Waals surface area contributed by atoms with Gasteiger partial charge in [0.05, 0.1) is 5.56 Å². The molecule has 4 atom stereocenters. The van der Waals surface area contributed by atoms with E-state index in [-0.39, 0.29) is 35.1 Å². The van der Waals surface area contributed by atoms with Crippen LogP contribution in [0.25, 0.3) is 0 Å². The molecule has 1 aromatic rings. The van der Waals surface area contributed by atoms with Crippen LogP contribution >= 0.6 is 0 Å². The molecule has 5 nitrogen and oxygen atoms in total. The van der Waals surface area contributed by atoms with Crippen LogP contribution in [-0.4, -0.2) is 23.5 Å². The molecule has 3 fully saturated rings. The zero-order valence-electron chi connectivity index (χ0n) is 15.2. The second-order valence-corrected chi connectivity index (χ2v) is 8.61. The molecule has 2 amide bonds. The van der Waals surface area contributed by atoms with Crippen molar-refractivity contribution in [2.24, 2.45) is 17.3 Å². The van der Waals surface area contributed by atoms with E-state index >= 15 is 0 Å². The van der Waals surface area contributed by atoms with Crippen LogP contribution in [0.5, 0.6) is 0 Å². The minimum Gasteiger partial charge on any atom is -0.362 e. The Morgan fingerprint density at radius 1 is 1.28 bits per heavy atom. The predicted octanol–water partition coefficient (Wildman–Crippen LogP) is 2.89. The first-order valence-corrected chi connectivity index (χ1v) is 9.33. The third-order valence-corrected chi connectivity index (χ3v) is 6.42. The average Bonchev–Trinajstić information content (AvgIpc) is 2.53. The van der Waals surface area contributed by atoms with E-state index in [1.54, 1.807) is 0 Å². The van der Waals surface area contributed by atoms with Gasteiger partial charge in [-0.1, -0.05) is 19.1 Å². The van der Waals surface area contributed by atoms with E-state index in [0.717, 1.165) is 31.4 Å². The Balaban J connectivity index is 1.64. The molecule has 0 saturated heterocycles. The fourth-order valence-electron chi connectivity index (χ4n) is 5.24. The maximum atomic E-state index is 12.7. The number of para-hydroxylation sites is 1. The Bertz CT molecular complexity index is 731. The zero-order valence-corrected chi connectivity index (χ0v) is 15.2. The van der Waals surface area contributed by atoms with Crippen molar-refractivity contribution in [3.8, 4) is 0 Å². The summed E-state index contributed by atoms with van der Waals surface area (Å²) in [5, 5.41) is 9.99. The summed E-state index contributed by atoms with van der Waals surface area (Å²) >= 11 is 0. The molecule has 2 bridgehead atoms. The molecule has 3 aliphatic carbocycles. The van der Waals surface area contributed by atoms with Crippen molar-refractivity contribution in [2.75, 3.05) is 5.32 Å². The lowest BCUT2D eigenvalue weighted by molar-refractivity contribution is -0.140. The molecule has 3 N–H and O–H groups in total. The van der Waals surface area contributed by atoms with Crippen LogP contribution in [-0.2, 0) is 4.79 Å². The van der Waals surface area contributed by atoms with E-state index in [4.69, 9.17) is 0 Å². The average molecular weight is 341 g/mol. The van der Waals surface area contributed by atoms with Gasteiger partial charge in [0.15, 0.2) is 0 Å². The van der Waals surface area contributed by atoms with Crippen LogP contribution in [0.3, 0.4) is 0 Å². The number of hydrogen-bond acceptors (Lipinski definition) is 3. The molecule has 0 aromatic heterocycles. The van der Waals surface area contributed by atoms with E-state index in [1.807, 2.05) is 38.1 Å². The minimum absolute atomic E-state index is 0.00585. The number of nitrogens with one attached hydrogen (secondary N) is 3. The Hall–Kier alpha value is -2.04. The number of carbonyl (C=O) groups excluding carboxylic acids is 2. The van der Waals surface area contributed by atoms with E-state index in [1.165, 1.54) is 0 Å². The van der Waals surface area contributed by atoms with Gasteiger partial charge in [0.25, 0.3) is 5.91 Å². The highest BCUT2D eigenvalue weighted by Gasteiger charge is 2.60. The Morgan fingerprint density at radius 2 is 2.04 bits per heavy atom. The number of hydrogen-bond donors (Lipinski definition) is 3. The van der Waals surface area contributed by atoms with E-state index in [2.05, 4.69) is 22.9 Å². The van der Waals surface area contributed by atoms with Crippen molar-refractivity contribution in [1.82, 2.24) is 10.6 Å². The second-order valence-electron chi connectivity index (χ2n) is 8.61. The minimum atomic E-state index is -0.424. The lowest BCUT2D eigenvalue weighted by Crippen LogP contribution is -2.70. The molecule has 4 aliphatic rings. The molecule has 1 aromatic carbocycles. The van der Waals surface area contributed by atoms with Gasteiger partial charge in [0, 0.05) is 23.6 Å². The first-order valence-electron chi connectivity index (χ1n) is 9.33. The van der Waals surface area contributed by atoms with Crippen LogP contribution in [0.4, 0.5) is 5.69 Å². The third kappa shape index (κ3) is 2.52. The van der Waals surface area contributed by atoms with Gasteiger partial charge >= 0.3 is 0 Å². The van der Waals surface area contributed by atoms with E-state index in [0.29, 0.717) is 5.56 Å². The second kappa shape index (κ2) is 5.48. The topological polar surface area (TPSA) is 70.2 Å². The molecule has 25 heavy (non-hydrogen) atoms. The monoisotopic (exact) mass is 341 g/mol. The highest BCUT2D eigenvalue weighted by molar-refractivity contribution is 6.02. The van der Waals surface area contributed by atoms with Gasteiger partial charge in [-0.25, -0.2) is 0 Å². The lowest BCUT2D eigenvalue weighted by atomic mass is 9.51. The molecular weight excluding hydrogens is 314 g/mol. The van der Waals surface area contributed by atoms with Crippen molar-refractivity contribution in [2.45, 2.75) is 58.2 Å². The molecule has 0 radical (unpaired) electrons. The summed E-state index contributed by atoms with van der Waals surface area (Å²) < 4.78 is 0. The first-order chi connectivity index (χ1) is 11.8. The van der Waals surface area contributed by atoms with E-state index < -0.39 is 5.66 Å². The maximum Gasteiger partial charge on any atom is 0.255 e. The van der Waals surface area contributed by atoms with Gasteiger partial charge in [-0.3, -0.25) is 9.59 Å². The molecule has 1 spiro atoms. The van der Waals surface area contributed by atoms with Gasteiger partial charge < -0.3 is 16.0 Å². The number of fused-ring (bicyclic) bond motifs is 3. The number of benzene rings is 1. The van der Waals surface area contributed by atoms with Crippen LogP contribution in [0.1, 0.15) is 56.8 Å². The standard InChI is InChI=1S/C20H27N3O2/c1-12(2)21-18(25)15-10-13-8-9-19(15,3)11-20(13)22-16-7-5-4-6-14(16)17(24)23-20/h4-7,12-13,15,22H,8-11H2,1-3H3,(H,21,25)(H,23,24)/t13?,15?,19?,20-/m0/s1. The number of rotatable bonds is 2. The number of carbonyl (C=O) groups is 2. The normalized spacial score (nSPS) is 35.9. The summed E-state index contributed by atoms with van der Waals surface area (Å²) in [6, 6.07) is 7.83. The molecule has 3 unspecified atom stereocenters. The molecule has 1 heterocycles. The quantitative estimate of drug-likeness (QED) is 0.775. The summed E-state index contributed by atoms with van der Waals surface area (Å²) in [6.45, 7) is 6.22. The maximum absolute atomic E-state index is 12.7. The summed E-state index contributed by atoms with van der Waals surface area (Å²) in [7, 11) is 0. The molecule has 5 heteroatoms. The molecule has 1 aliphatic heterocycles. The van der Waals surface area contributed by atoms with Gasteiger partial charge in [-0.15, -0.1) is 0 Å². The number of amides is 2. The predicted molar refractivity (Wildman–Crippen MR) is 97.1 cm³/mol. The summed E-state index contributed by atoms with van der Waals surface area (Å²) in [6.07, 6.45) is 3.69. The Labute approximate surface area is 148 Å². The van der Waals surface area contributed by atoms with Gasteiger partial charge in [0.2, 0.25) is 5.91 Å². The Morgan fingerprint density at radius 3 is 2.76 bits per heavy atom. The van der Waals surface area contributed by atoms with Crippen molar-refractivity contribution in [3.63, 3.8) is 0 Å². The van der Waals surface area contributed by atoms with Gasteiger partial charge in [0.1, 0.15) is 5.66 Å². The van der Waals surface area contributed by atoms with Crippen molar-refractivity contribution >= 4 is 17.5 Å². The fraction of sp³-hybridized carbons (Fsp3) is 0.600. The molecule has 5 rings (SSSR count). The smallest absolute Gasteiger partial charge is 0.255 e. The molecule has 134 valence electrons. The van der Waals surface area contributed by atoms with Crippen molar-refractivity contribution in [1.29, 1.82) is 0 Å². The summed E-state index contributed by atoms with van der Waals surface area (Å²) in [5.41, 5.74) is 1.09. The third-order valence-electron chi connectivity index (χ3n) is 6.42. The molecule has 3 saturated carbocycles. The van der Waals surface area contributed by atoms with Crippen LogP contribution < -0.4 is 16.0 Å². The van der Waals surface area contributed by atoms with Crippen LogP contribution in [0.15, 0.2) is 24.3 Å². The van der Waals surface area contributed by atoms with Crippen LogP contribution in [0.2, 0.25) is 0 Å². The summed E-state index contributed by atoms with van der Waals surface area (Å²) in [5.74, 6) is 0.456. The van der Waals surface area contributed by atoms with Crippen molar-refractivity contribution in [3.05, 3.63) is 29.8 Å². The van der Waals surface area contributed by atoms with Gasteiger partial charge in [-0.2, -0.15) is 0 Å².